The number of hydrogen-bond donors (Lipinski definition) is 0. The molecule has 1 aliphatic heterocycles. The van der Waals surface area contributed by atoms with Gasteiger partial charge < -0.3 is 19.3 Å². The first-order valence-electron chi connectivity index (χ1n) is 15.7. The molecule has 7 heteroatoms. The molecule has 1 aliphatic rings. The summed E-state index contributed by atoms with van der Waals surface area (Å²) in [5.74, 6) is -3.50. The van der Waals surface area contributed by atoms with Gasteiger partial charge in [0.1, 0.15) is 5.84 Å². The molecule has 0 radical (unpaired) electrons. The number of cyclic esters (lactones) is 2. The molecular formula is C36H53N3O4. The highest BCUT2D eigenvalue weighted by atomic mass is 16.7. The Morgan fingerprint density at radius 2 is 1.49 bits per heavy atom. The molecule has 2 aromatic carbocycles. The van der Waals surface area contributed by atoms with Crippen LogP contribution in [-0.2, 0) is 32.0 Å². The molecule has 3 rings (SSSR count). The molecule has 0 saturated carbocycles. The molecule has 1 heterocycles. The van der Waals surface area contributed by atoms with Crippen molar-refractivity contribution in [3.05, 3.63) is 58.7 Å². The average Bonchev–Trinajstić information content (AvgIpc) is 2.87. The van der Waals surface area contributed by atoms with E-state index in [2.05, 4.69) is 80.8 Å². The van der Waals surface area contributed by atoms with Crippen LogP contribution >= 0.6 is 0 Å². The van der Waals surface area contributed by atoms with Crippen molar-refractivity contribution in [2.45, 2.75) is 113 Å². The summed E-state index contributed by atoms with van der Waals surface area (Å²) in [4.78, 5) is 36.4. The second-order valence-corrected chi connectivity index (χ2v) is 14.0. The van der Waals surface area contributed by atoms with E-state index < -0.39 is 23.6 Å². The SMILES string of the molecule is CCCCCC(C)N(Cc1ccc(CC(C)(C)C)cc1)C(=Nc1c(C)cc(N(C)C)cc1C)C1C(=O)OC(C)(C)OC1=O. The zero-order valence-corrected chi connectivity index (χ0v) is 28.3. The summed E-state index contributed by atoms with van der Waals surface area (Å²) < 4.78 is 11.3. The molecule has 0 bridgehead atoms. The molecular weight excluding hydrogens is 538 g/mol. The van der Waals surface area contributed by atoms with Gasteiger partial charge in [-0.1, -0.05) is 71.2 Å². The van der Waals surface area contributed by atoms with Crippen LogP contribution in [0.15, 0.2) is 41.4 Å². The Bertz CT molecular complexity index is 1260. The number of benzene rings is 2. The topological polar surface area (TPSA) is 71.4 Å². The third-order valence-corrected chi connectivity index (χ3v) is 7.80. The fourth-order valence-electron chi connectivity index (χ4n) is 5.59. The summed E-state index contributed by atoms with van der Waals surface area (Å²) in [6.07, 6.45) is 5.13. The standard InChI is InChI=1S/C36H53N3O4/c1-12-13-14-15-26(4)39(23-28-18-16-27(17-19-28)22-35(5,6)7)32(30-33(40)42-36(8,9)43-34(30)41)37-31-24(2)20-29(38(10)11)21-25(31)3/h16-21,26,30H,12-15,22-23H2,1-11H3. The van der Waals surface area contributed by atoms with Crippen molar-refractivity contribution in [2.24, 2.45) is 16.3 Å². The molecule has 236 valence electrons. The van der Waals surface area contributed by atoms with E-state index in [1.807, 2.05) is 27.9 Å². The summed E-state index contributed by atoms with van der Waals surface area (Å²) in [6.45, 7) is 18.7. The minimum Gasteiger partial charge on any atom is -0.422 e. The fraction of sp³-hybridized carbons (Fsp3) is 0.583. The largest absolute Gasteiger partial charge is 0.422 e. The zero-order valence-electron chi connectivity index (χ0n) is 28.3. The molecule has 43 heavy (non-hydrogen) atoms. The molecule has 1 fully saturated rings. The smallest absolute Gasteiger partial charge is 0.331 e. The summed E-state index contributed by atoms with van der Waals surface area (Å²) in [5.41, 5.74) is 6.29. The molecule has 1 saturated heterocycles. The van der Waals surface area contributed by atoms with E-state index in [0.717, 1.165) is 60.2 Å². The Morgan fingerprint density at radius 1 is 0.953 bits per heavy atom. The van der Waals surface area contributed by atoms with Crippen LogP contribution in [-0.4, -0.2) is 48.6 Å². The first-order valence-corrected chi connectivity index (χ1v) is 15.7. The lowest BCUT2D eigenvalue weighted by molar-refractivity contribution is -0.236. The number of ether oxygens (including phenoxy) is 2. The number of rotatable bonds is 11. The van der Waals surface area contributed by atoms with Crippen molar-refractivity contribution >= 4 is 29.1 Å². The number of nitrogens with zero attached hydrogens (tertiary/aromatic N) is 3. The van der Waals surface area contributed by atoms with Gasteiger partial charge in [0.25, 0.3) is 5.79 Å². The van der Waals surface area contributed by atoms with Gasteiger partial charge in [0.15, 0.2) is 0 Å². The first kappa shape index (κ1) is 34.1. The molecule has 1 unspecified atom stereocenters. The van der Waals surface area contributed by atoms with Gasteiger partial charge >= 0.3 is 11.9 Å². The van der Waals surface area contributed by atoms with E-state index in [4.69, 9.17) is 14.5 Å². The van der Waals surface area contributed by atoms with E-state index in [1.165, 1.54) is 5.56 Å². The van der Waals surface area contributed by atoms with Crippen molar-refractivity contribution in [3.63, 3.8) is 0 Å². The van der Waals surface area contributed by atoms with Crippen molar-refractivity contribution < 1.29 is 19.1 Å². The van der Waals surface area contributed by atoms with E-state index in [9.17, 15) is 9.59 Å². The van der Waals surface area contributed by atoms with Crippen molar-refractivity contribution in [1.82, 2.24) is 4.90 Å². The van der Waals surface area contributed by atoms with Gasteiger partial charge in [-0.25, -0.2) is 4.99 Å². The lowest BCUT2D eigenvalue weighted by atomic mass is 9.88. The van der Waals surface area contributed by atoms with Crippen LogP contribution < -0.4 is 4.90 Å². The van der Waals surface area contributed by atoms with E-state index in [0.29, 0.717) is 12.4 Å². The lowest BCUT2D eigenvalue weighted by Gasteiger charge is -2.39. The van der Waals surface area contributed by atoms with Crippen molar-refractivity contribution in [2.75, 3.05) is 19.0 Å². The number of hydrogen-bond acceptors (Lipinski definition) is 6. The Labute approximate surface area is 259 Å². The third-order valence-electron chi connectivity index (χ3n) is 7.80. The number of aliphatic imine (C=N–C) groups is 1. The van der Waals surface area contributed by atoms with Gasteiger partial charge in [-0.3, -0.25) is 9.59 Å². The van der Waals surface area contributed by atoms with Crippen LogP contribution in [0.3, 0.4) is 0 Å². The van der Waals surface area contributed by atoms with Crippen LogP contribution in [0.1, 0.15) is 96.4 Å². The quantitative estimate of drug-likeness (QED) is 0.0869. The molecule has 0 amide bonds. The monoisotopic (exact) mass is 591 g/mol. The maximum absolute atomic E-state index is 13.5. The Morgan fingerprint density at radius 3 is 1.98 bits per heavy atom. The molecule has 0 aliphatic carbocycles. The highest BCUT2D eigenvalue weighted by Gasteiger charge is 2.48. The minimum absolute atomic E-state index is 0.0109. The molecule has 1 atom stereocenters. The van der Waals surface area contributed by atoms with E-state index >= 15 is 0 Å². The number of carbonyl (C=O) groups excluding carboxylic acids is 2. The first-order chi connectivity index (χ1) is 20.0. The second-order valence-electron chi connectivity index (χ2n) is 14.0. The zero-order chi connectivity index (χ0) is 32.1. The number of carbonyl (C=O) groups is 2. The number of esters is 2. The van der Waals surface area contributed by atoms with Crippen LogP contribution in [0.5, 0.6) is 0 Å². The summed E-state index contributed by atoms with van der Waals surface area (Å²) in [5, 5.41) is 0. The molecule has 0 N–H and O–H groups in total. The highest BCUT2D eigenvalue weighted by molar-refractivity contribution is 6.17. The predicted molar refractivity (Wildman–Crippen MR) is 176 cm³/mol. The normalized spacial score (nSPS) is 16.5. The maximum atomic E-state index is 13.5. The number of aryl methyl sites for hydroxylation is 2. The van der Waals surface area contributed by atoms with Crippen molar-refractivity contribution in [1.29, 1.82) is 0 Å². The van der Waals surface area contributed by atoms with Crippen LogP contribution in [0.25, 0.3) is 0 Å². The van der Waals surface area contributed by atoms with Gasteiger partial charge in [-0.2, -0.15) is 0 Å². The Kier molecular flexibility index (Phi) is 11.1. The molecule has 2 aromatic rings. The summed E-state index contributed by atoms with van der Waals surface area (Å²) in [7, 11) is 4.01. The van der Waals surface area contributed by atoms with E-state index in [1.54, 1.807) is 13.8 Å². The predicted octanol–water partition coefficient (Wildman–Crippen LogP) is 7.91. The summed E-state index contributed by atoms with van der Waals surface area (Å²) >= 11 is 0. The number of anilines is 1. The number of amidine groups is 1. The average molecular weight is 592 g/mol. The van der Waals surface area contributed by atoms with Gasteiger partial charge in [-0.15, -0.1) is 0 Å². The van der Waals surface area contributed by atoms with Crippen LogP contribution in [0.4, 0.5) is 11.4 Å². The third kappa shape index (κ3) is 9.32. The molecule has 7 nitrogen and oxygen atoms in total. The van der Waals surface area contributed by atoms with Crippen molar-refractivity contribution in [3.8, 4) is 0 Å². The lowest BCUT2D eigenvalue weighted by Crippen LogP contribution is -2.54. The Balaban J connectivity index is 2.17. The maximum Gasteiger partial charge on any atom is 0.331 e. The molecule has 0 spiro atoms. The Hall–Kier alpha value is -3.35. The molecule has 0 aromatic heterocycles. The highest BCUT2D eigenvalue weighted by Crippen LogP contribution is 2.33. The van der Waals surface area contributed by atoms with Crippen LogP contribution in [0.2, 0.25) is 0 Å². The minimum atomic E-state index is -1.32. The van der Waals surface area contributed by atoms with Crippen LogP contribution in [0, 0.1) is 25.2 Å². The fourth-order valence-corrected chi connectivity index (χ4v) is 5.59. The number of unbranched alkanes of at least 4 members (excludes halogenated alkanes) is 2. The van der Waals surface area contributed by atoms with E-state index in [-0.39, 0.29) is 11.5 Å². The second kappa shape index (κ2) is 14.0. The van der Waals surface area contributed by atoms with Gasteiger partial charge in [0.2, 0.25) is 5.92 Å². The van der Waals surface area contributed by atoms with Gasteiger partial charge in [0.05, 0.1) is 5.69 Å². The van der Waals surface area contributed by atoms with Gasteiger partial charge in [-0.05, 0) is 73.4 Å². The van der Waals surface area contributed by atoms with Gasteiger partial charge in [0, 0.05) is 46.2 Å². The summed E-state index contributed by atoms with van der Waals surface area (Å²) in [6, 6.07) is 12.8.